The first kappa shape index (κ1) is 18.4. The number of ether oxygens (including phenoxy) is 2. The summed E-state index contributed by atoms with van der Waals surface area (Å²) in [5.74, 6) is 0.796. The number of fused-ring (bicyclic) bond motifs is 5. The van der Waals surface area contributed by atoms with Crippen LogP contribution in [0.15, 0.2) is 36.7 Å². The van der Waals surface area contributed by atoms with E-state index in [0.29, 0.717) is 6.54 Å². The van der Waals surface area contributed by atoms with E-state index in [1.54, 1.807) is 31.9 Å². The van der Waals surface area contributed by atoms with Gasteiger partial charge in [-0.3, -0.25) is 0 Å². The molecule has 148 valence electrons. The Kier molecular flexibility index (Phi) is 4.87. The molecule has 0 amide bonds. The summed E-state index contributed by atoms with van der Waals surface area (Å²) in [5, 5.41) is 4.54. The molecule has 3 aromatic heterocycles. The van der Waals surface area contributed by atoms with E-state index in [1.807, 2.05) is 6.07 Å². The second kappa shape index (κ2) is 7.67. The molecule has 0 unspecified atom stereocenters. The highest BCUT2D eigenvalue weighted by molar-refractivity contribution is 7.26. The van der Waals surface area contributed by atoms with Gasteiger partial charge < -0.3 is 14.8 Å². The topological polar surface area (TPSA) is 69.2 Å². The van der Waals surface area contributed by atoms with E-state index >= 15 is 0 Å². The van der Waals surface area contributed by atoms with E-state index in [9.17, 15) is 0 Å². The number of hydrogen-bond acceptors (Lipinski definition) is 7. The van der Waals surface area contributed by atoms with Crippen LogP contribution >= 0.6 is 11.3 Å². The largest absolute Gasteiger partial charge is 0.364 e. The average Bonchev–Trinajstić information content (AvgIpc) is 3.39. The summed E-state index contributed by atoms with van der Waals surface area (Å²) in [4.78, 5) is 15.2. The molecule has 29 heavy (non-hydrogen) atoms. The Labute approximate surface area is 172 Å². The van der Waals surface area contributed by atoms with Crippen molar-refractivity contribution in [2.45, 2.75) is 25.6 Å². The lowest BCUT2D eigenvalue weighted by Crippen LogP contribution is -2.24. The van der Waals surface area contributed by atoms with Crippen LogP contribution in [0, 0.1) is 0 Å². The number of pyridine rings is 1. The van der Waals surface area contributed by atoms with E-state index < -0.39 is 0 Å². The first-order valence-electron chi connectivity index (χ1n) is 9.74. The van der Waals surface area contributed by atoms with Crippen LogP contribution in [0.25, 0.3) is 31.7 Å². The molecule has 0 spiro atoms. The molecule has 0 radical (unpaired) electrons. The number of nitrogens with zero attached hydrogens (tertiary/aromatic N) is 3. The molecule has 1 N–H and O–H groups in total. The fourth-order valence-electron chi connectivity index (χ4n) is 4.10. The third-order valence-electron chi connectivity index (χ3n) is 5.48. The molecule has 1 aliphatic carbocycles. The lowest BCUT2D eigenvalue weighted by molar-refractivity contribution is -0.0914. The molecule has 0 atom stereocenters. The first-order valence-corrected chi connectivity index (χ1v) is 10.6. The molecule has 0 saturated carbocycles. The third-order valence-corrected chi connectivity index (χ3v) is 6.56. The Morgan fingerprint density at radius 3 is 2.66 bits per heavy atom. The zero-order valence-corrected chi connectivity index (χ0v) is 17.3. The van der Waals surface area contributed by atoms with Gasteiger partial charge in [0.25, 0.3) is 0 Å². The number of thiophene rings is 1. The summed E-state index contributed by atoms with van der Waals surface area (Å²) < 4.78 is 11.6. The van der Waals surface area contributed by atoms with Crippen molar-refractivity contribution in [3.8, 4) is 11.3 Å². The molecule has 0 saturated heterocycles. The maximum Gasteiger partial charge on any atom is 0.173 e. The van der Waals surface area contributed by atoms with Crippen molar-refractivity contribution in [1.29, 1.82) is 0 Å². The molecule has 1 aliphatic rings. The molecule has 5 rings (SSSR count). The second-order valence-electron chi connectivity index (χ2n) is 7.10. The molecule has 0 bridgehead atoms. The van der Waals surface area contributed by atoms with Crippen LogP contribution in [0.3, 0.4) is 0 Å². The quantitative estimate of drug-likeness (QED) is 0.478. The van der Waals surface area contributed by atoms with Gasteiger partial charge in [-0.15, -0.1) is 11.3 Å². The van der Waals surface area contributed by atoms with Gasteiger partial charge in [0.15, 0.2) is 6.29 Å². The van der Waals surface area contributed by atoms with Crippen LogP contribution in [0.2, 0.25) is 0 Å². The van der Waals surface area contributed by atoms with Crippen LogP contribution in [0.4, 0.5) is 5.82 Å². The minimum absolute atomic E-state index is 0.332. The van der Waals surface area contributed by atoms with Crippen LogP contribution in [-0.2, 0) is 22.3 Å². The van der Waals surface area contributed by atoms with Gasteiger partial charge in [0.1, 0.15) is 17.0 Å². The second-order valence-corrected chi connectivity index (χ2v) is 8.10. The average molecular weight is 407 g/mol. The van der Waals surface area contributed by atoms with Gasteiger partial charge in [-0.2, -0.15) is 0 Å². The Balaban J connectivity index is 1.67. The Hall–Kier alpha value is -2.61. The van der Waals surface area contributed by atoms with Crippen molar-refractivity contribution in [3.63, 3.8) is 0 Å². The van der Waals surface area contributed by atoms with E-state index in [1.165, 1.54) is 22.1 Å². The van der Waals surface area contributed by atoms with Crippen LogP contribution < -0.4 is 5.32 Å². The number of nitrogens with one attached hydrogen (secondary N) is 1. The van der Waals surface area contributed by atoms with Crippen molar-refractivity contribution in [3.05, 3.63) is 47.8 Å². The Bertz CT molecular complexity index is 1170. The minimum atomic E-state index is -0.332. The van der Waals surface area contributed by atoms with Crippen molar-refractivity contribution in [2.75, 3.05) is 26.1 Å². The van der Waals surface area contributed by atoms with E-state index in [-0.39, 0.29) is 6.29 Å². The molecule has 7 heteroatoms. The summed E-state index contributed by atoms with van der Waals surface area (Å²) in [6.07, 6.45) is 4.59. The maximum atomic E-state index is 5.28. The Morgan fingerprint density at radius 1 is 1.07 bits per heavy atom. The van der Waals surface area contributed by atoms with Gasteiger partial charge in [-0.05, 0) is 30.4 Å². The third kappa shape index (κ3) is 3.15. The molecular weight excluding hydrogens is 384 g/mol. The van der Waals surface area contributed by atoms with Crippen LogP contribution in [0.5, 0.6) is 0 Å². The number of methoxy groups -OCH3 is 2. The standard InChI is InChI=1S/C22H22N4O2S/c1-27-16(28-2)11-23-21-20-19(24-12-25-21)17-14-9-6-10-15(14)18(26-22(17)29-20)13-7-4-3-5-8-13/h3-5,7-8,12,16H,6,9-11H2,1-2H3,(H,23,24,25). The number of hydrogen-bond donors (Lipinski definition) is 1. The number of aryl methyl sites for hydroxylation is 1. The highest BCUT2D eigenvalue weighted by atomic mass is 32.1. The van der Waals surface area contributed by atoms with E-state index in [2.05, 4.69) is 39.6 Å². The van der Waals surface area contributed by atoms with Crippen molar-refractivity contribution in [2.24, 2.45) is 0 Å². The normalized spacial score (nSPS) is 13.5. The Morgan fingerprint density at radius 2 is 1.86 bits per heavy atom. The van der Waals surface area contributed by atoms with Gasteiger partial charge >= 0.3 is 0 Å². The summed E-state index contributed by atoms with van der Waals surface area (Å²) in [5.41, 5.74) is 6.04. The number of anilines is 1. The van der Waals surface area contributed by atoms with Gasteiger partial charge in [-0.25, -0.2) is 15.0 Å². The van der Waals surface area contributed by atoms with Gasteiger partial charge in [0.05, 0.1) is 22.5 Å². The summed E-state index contributed by atoms with van der Waals surface area (Å²) in [7, 11) is 3.26. The summed E-state index contributed by atoms with van der Waals surface area (Å²) >= 11 is 1.65. The molecule has 0 aliphatic heterocycles. The highest BCUT2D eigenvalue weighted by Gasteiger charge is 2.25. The zero-order chi connectivity index (χ0) is 19.8. The molecule has 6 nitrogen and oxygen atoms in total. The minimum Gasteiger partial charge on any atom is -0.364 e. The lowest BCUT2D eigenvalue weighted by atomic mass is 10.0. The zero-order valence-electron chi connectivity index (χ0n) is 16.4. The number of rotatable bonds is 6. The molecule has 0 fully saturated rings. The first-order chi connectivity index (χ1) is 14.3. The van der Waals surface area contributed by atoms with Crippen molar-refractivity contribution in [1.82, 2.24) is 15.0 Å². The molecule has 4 aromatic rings. The summed E-state index contributed by atoms with van der Waals surface area (Å²) in [6, 6.07) is 10.5. The van der Waals surface area contributed by atoms with Crippen LogP contribution in [-0.4, -0.2) is 42.0 Å². The van der Waals surface area contributed by atoms with Crippen molar-refractivity contribution < 1.29 is 9.47 Å². The van der Waals surface area contributed by atoms with Gasteiger partial charge in [0, 0.05) is 25.2 Å². The van der Waals surface area contributed by atoms with Gasteiger partial charge in [0.2, 0.25) is 0 Å². The SMILES string of the molecule is COC(CNc1ncnc2c1sc1nc(-c3ccccc3)c3c(c12)CCC3)OC. The van der Waals surface area contributed by atoms with E-state index in [0.717, 1.165) is 45.8 Å². The van der Waals surface area contributed by atoms with Gasteiger partial charge in [-0.1, -0.05) is 30.3 Å². The molecular formula is C22H22N4O2S. The summed E-state index contributed by atoms with van der Waals surface area (Å²) in [6.45, 7) is 0.508. The molecule has 1 aromatic carbocycles. The van der Waals surface area contributed by atoms with Crippen LogP contribution in [0.1, 0.15) is 17.5 Å². The fraction of sp³-hybridized carbons (Fsp3) is 0.318. The number of benzene rings is 1. The lowest BCUT2D eigenvalue weighted by Gasteiger charge is -2.14. The predicted octanol–water partition coefficient (Wildman–Crippen LogP) is 4.43. The number of aromatic nitrogens is 3. The highest BCUT2D eigenvalue weighted by Crippen LogP contribution is 2.43. The molecule has 3 heterocycles. The predicted molar refractivity (Wildman–Crippen MR) is 116 cm³/mol. The monoisotopic (exact) mass is 406 g/mol. The smallest absolute Gasteiger partial charge is 0.173 e. The van der Waals surface area contributed by atoms with Crippen molar-refractivity contribution >= 4 is 37.6 Å². The maximum absolute atomic E-state index is 5.28. The van der Waals surface area contributed by atoms with E-state index in [4.69, 9.17) is 14.5 Å². The fourth-order valence-corrected chi connectivity index (χ4v) is 5.23.